The maximum Gasteiger partial charge on any atom is 0.269 e. The number of para-hydroxylation sites is 1. The van der Waals surface area contributed by atoms with Gasteiger partial charge in [-0.1, -0.05) is 29.8 Å². The molecule has 1 saturated heterocycles. The van der Waals surface area contributed by atoms with Crippen molar-refractivity contribution in [2.45, 2.75) is 6.04 Å². The number of non-ortho nitro benzene ring substituents is 1. The van der Waals surface area contributed by atoms with Crippen LogP contribution in [0.5, 0.6) is 0 Å². The van der Waals surface area contributed by atoms with Gasteiger partial charge in [0.05, 0.1) is 22.0 Å². The Balaban J connectivity index is 1.61. The number of imide groups is 1. The fraction of sp³-hybridized carbons (Fsp3) is 0.0870. The van der Waals surface area contributed by atoms with Crippen LogP contribution in [-0.4, -0.2) is 28.5 Å². The lowest BCUT2D eigenvalue weighted by atomic mass is 9.92. The standard InChI is InChI=1S/C23H15ClN4O4/c24-15-8-12-16(13-9-15)26-22(29)19-20(14-6-10-18(11-7-14)28(31)32)25-27(21(19)23(26)30)17-4-2-1-3-5-17/h1-13,19,21H/t19-,21+/m1/s1. The van der Waals surface area contributed by atoms with Crippen LogP contribution in [0.3, 0.4) is 0 Å². The minimum Gasteiger partial charge on any atom is -0.273 e. The molecule has 0 unspecified atom stereocenters. The first-order valence-electron chi connectivity index (χ1n) is 9.76. The summed E-state index contributed by atoms with van der Waals surface area (Å²) in [6.45, 7) is 0. The molecule has 0 spiro atoms. The lowest BCUT2D eigenvalue weighted by Crippen LogP contribution is -2.39. The number of carbonyl (C=O) groups is 2. The molecule has 1 fully saturated rings. The van der Waals surface area contributed by atoms with E-state index in [4.69, 9.17) is 11.6 Å². The Hall–Kier alpha value is -4.04. The van der Waals surface area contributed by atoms with E-state index in [1.807, 2.05) is 30.3 Å². The van der Waals surface area contributed by atoms with E-state index in [0.717, 1.165) is 4.90 Å². The summed E-state index contributed by atoms with van der Waals surface area (Å²) in [7, 11) is 0. The van der Waals surface area contributed by atoms with Crippen LogP contribution in [0.4, 0.5) is 17.1 Å². The maximum atomic E-state index is 13.5. The Kier molecular flexibility index (Phi) is 4.71. The number of carbonyl (C=O) groups excluding carboxylic acids is 2. The zero-order valence-corrected chi connectivity index (χ0v) is 17.2. The second-order valence-electron chi connectivity index (χ2n) is 7.38. The van der Waals surface area contributed by atoms with Gasteiger partial charge in [-0.05, 0) is 54.1 Å². The lowest BCUT2D eigenvalue weighted by Gasteiger charge is -2.22. The average molecular weight is 447 g/mol. The number of nitrogens with zero attached hydrogens (tertiary/aromatic N) is 4. The van der Waals surface area contributed by atoms with Gasteiger partial charge in [-0.25, -0.2) is 4.90 Å². The van der Waals surface area contributed by atoms with Crippen molar-refractivity contribution in [2.75, 3.05) is 9.91 Å². The highest BCUT2D eigenvalue weighted by molar-refractivity contribution is 6.34. The van der Waals surface area contributed by atoms with Crippen molar-refractivity contribution >= 4 is 46.2 Å². The van der Waals surface area contributed by atoms with E-state index < -0.39 is 28.7 Å². The first-order valence-corrected chi connectivity index (χ1v) is 10.1. The Morgan fingerprint density at radius 3 is 2.12 bits per heavy atom. The van der Waals surface area contributed by atoms with E-state index in [2.05, 4.69) is 5.10 Å². The molecular weight excluding hydrogens is 432 g/mol. The van der Waals surface area contributed by atoms with Crippen LogP contribution in [0, 0.1) is 16.0 Å². The molecule has 2 aliphatic rings. The molecule has 8 nitrogen and oxygen atoms in total. The van der Waals surface area contributed by atoms with E-state index in [1.54, 1.807) is 41.4 Å². The van der Waals surface area contributed by atoms with Crippen LogP contribution in [0.2, 0.25) is 5.02 Å². The Labute approximate surface area is 187 Å². The molecule has 0 radical (unpaired) electrons. The first kappa shape index (κ1) is 19.9. The smallest absolute Gasteiger partial charge is 0.269 e. The number of nitro benzene ring substituents is 1. The van der Waals surface area contributed by atoms with Gasteiger partial charge in [0.15, 0.2) is 0 Å². The number of amides is 2. The normalized spacial score (nSPS) is 19.8. The van der Waals surface area contributed by atoms with Gasteiger partial charge < -0.3 is 0 Å². The zero-order chi connectivity index (χ0) is 22.4. The summed E-state index contributed by atoms with van der Waals surface area (Å²) in [5.41, 5.74) is 1.96. The molecule has 32 heavy (non-hydrogen) atoms. The van der Waals surface area contributed by atoms with Crippen LogP contribution >= 0.6 is 11.6 Å². The molecule has 0 saturated carbocycles. The van der Waals surface area contributed by atoms with E-state index in [0.29, 0.717) is 27.7 Å². The molecule has 3 aromatic carbocycles. The number of nitro groups is 1. The van der Waals surface area contributed by atoms with E-state index in [-0.39, 0.29) is 5.69 Å². The summed E-state index contributed by atoms with van der Waals surface area (Å²) >= 11 is 5.96. The van der Waals surface area contributed by atoms with Gasteiger partial charge in [-0.3, -0.25) is 24.7 Å². The number of halogens is 1. The van der Waals surface area contributed by atoms with Crippen LogP contribution < -0.4 is 9.91 Å². The highest BCUT2D eigenvalue weighted by Crippen LogP contribution is 2.39. The molecule has 3 aromatic rings. The van der Waals surface area contributed by atoms with E-state index >= 15 is 0 Å². The summed E-state index contributed by atoms with van der Waals surface area (Å²) in [6.07, 6.45) is 0. The number of hydrogen-bond acceptors (Lipinski definition) is 6. The number of hydrazone groups is 1. The highest BCUT2D eigenvalue weighted by atomic mass is 35.5. The van der Waals surface area contributed by atoms with Crippen LogP contribution in [0.1, 0.15) is 5.56 Å². The fourth-order valence-corrected chi connectivity index (χ4v) is 4.17. The summed E-state index contributed by atoms with van der Waals surface area (Å²) in [5.74, 6) is -1.65. The molecular formula is C23H15ClN4O4. The van der Waals surface area contributed by atoms with Crippen molar-refractivity contribution < 1.29 is 14.5 Å². The third kappa shape index (κ3) is 3.12. The number of benzene rings is 3. The van der Waals surface area contributed by atoms with Crippen LogP contribution in [0.15, 0.2) is 84.0 Å². The highest BCUT2D eigenvalue weighted by Gasteiger charge is 2.57. The zero-order valence-electron chi connectivity index (χ0n) is 16.5. The maximum absolute atomic E-state index is 13.5. The van der Waals surface area contributed by atoms with Gasteiger partial charge in [0.25, 0.3) is 11.6 Å². The summed E-state index contributed by atoms with van der Waals surface area (Å²) < 4.78 is 0. The van der Waals surface area contributed by atoms with Gasteiger partial charge >= 0.3 is 0 Å². The summed E-state index contributed by atoms with van der Waals surface area (Å²) in [6, 6.07) is 20.5. The van der Waals surface area contributed by atoms with Crippen molar-refractivity contribution in [3.63, 3.8) is 0 Å². The average Bonchev–Trinajstić information content (AvgIpc) is 3.32. The van der Waals surface area contributed by atoms with Gasteiger partial charge in [-0.15, -0.1) is 0 Å². The number of rotatable bonds is 4. The molecule has 0 N–H and O–H groups in total. The minimum atomic E-state index is -0.856. The van der Waals surface area contributed by atoms with Crippen molar-refractivity contribution in [2.24, 2.45) is 11.0 Å². The predicted molar refractivity (Wildman–Crippen MR) is 120 cm³/mol. The van der Waals surface area contributed by atoms with Gasteiger partial charge in [-0.2, -0.15) is 5.10 Å². The minimum absolute atomic E-state index is 0.0690. The van der Waals surface area contributed by atoms with Crippen molar-refractivity contribution in [1.82, 2.24) is 0 Å². The van der Waals surface area contributed by atoms with Crippen LogP contribution in [0.25, 0.3) is 0 Å². The van der Waals surface area contributed by atoms with Gasteiger partial charge in [0.1, 0.15) is 12.0 Å². The molecule has 2 atom stereocenters. The largest absolute Gasteiger partial charge is 0.273 e. The fourth-order valence-electron chi connectivity index (χ4n) is 4.05. The second kappa shape index (κ2) is 7.58. The van der Waals surface area contributed by atoms with Crippen molar-refractivity contribution in [1.29, 1.82) is 0 Å². The second-order valence-corrected chi connectivity index (χ2v) is 7.82. The van der Waals surface area contributed by atoms with Crippen LogP contribution in [-0.2, 0) is 9.59 Å². The number of hydrogen-bond donors (Lipinski definition) is 0. The summed E-state index contributed by atoms with van der Waals surface area (Å²) in [5, 5.41) is 17.7. The molecule has 0 bridgehead atoms. The monoisotopic (exact) mass is 446 g/mol. The van der Waals surface area contributed by atoms with E-state index in [1.165, 1.54) is 12.1 Å². The first-order chi connectivity index (χ1) is 15.5. The summed E-state index contributed by atoms with van der Waals surface area (Å²) in [4.78, 5) is 38.6. The van der Waals surface area contributed by atoms with Crippen molar-refractivity contribution in [3.05, 3.63) is 99.6 Å². The van der Waals surface area contributed by atoms with Crippen molar-refractivity contribution in [3.8, 4) is 0 Å². The molecule has 0 aliphatic carbocycles. The quantitative estimate of drug-likeness (QED) is 0.342. The molecule has 158 valence electrons. The molecule has 5 rings (SSSR count). The van der Waals surface area contributed by atoms with Gasteiger partial charge in [0.2, 0.25) is 5.91 Å². The van der Waals surface area contributed by atoms with E-state index in [9.17, 15) is 19.7 Å². The molecule has 0 aromatic heterocycles. The number of anilines is 2. The molecule has 2 amide bonds. The third-order valence-corrected chi connectivity index (χ3v) is 5.78. The molecule has 2 heterocycles. The number of fused-ring (bicyclic) bond motifs is 1. The Bertz CT molecular complexity index is 1260. The predicted octanol–water partition coefficient (Wildman–Crippen LogP) is 4.03. The molecule has 9 heteroatoms. The van der Waals surface area contributed by atoms with Gasteiger partial charge in [0, 0.05) is 17.2 Å². The molecule has 2 aliphatic heterocycles. The topological polar surface area (TPSA) is 96.1 Å². The lowest BCUT2D eigenvalue weighted by molar-refractivity contribution is -0.384. The Morgan fingerprint density at radius 2 is 1.50 bits per heavy atom. The third-order valence-electron chi connectivity index (χ3n) is 5.53. The SMILES string of the molecule is O=C1[C@@H]2C(c3ccc([N+](=O)[O-])cc3)=NN(c3ccccc3)[C@@H]2C(=O)N1c1ccc(Cl)cc1. The Morgan fingerprint density at radius 1 is 0.844 bits per heavy atom.